The first-order chi connectivity index (χ1) is 8.89. The highest BCUT2D eigenvalue weighted by atomic mass is 16.4. The maximum absolute atomic E-state index is 11.7. The first-order valence-electron chi connectivity index (χ1n) is 6.05. The molecule has 2 rings (SSSR count). The number of carboxylic acids is 1. The van der Waals surface area contributed by atoms with Crippen molar-refractivity contribution in [1.29, 1.82) is 0 Å². The molecule has 19 heavy (non-hydrogen) atoms. The fourth-order valence-corrected chi connectivity index (χ4v) is 2.03. The summed E-state index contributed by atoms with van der Waals surface area (Å²) in [5.74, 6) is -1.40. The molecule has 2 amide bonds. The molecule has 1 saturated carbocycles. The molecule has 6 heteroatoms. The average molecular weight is 264 g/mol. The van der Waals surface area contributed by atoms with Crippen molar-refractivity contribution in [3.05, 3.63) is 23.8 Å². The summed E-state index contributed by atoms with van der Waals surface area (Å²) < 4.78 is 0. The van der Waals surface area contributed by atoms with Crippen molar-refractivity contribution in [1.82, 2.24) is 5.32 Å². The normalized spacial score (nSPS) is 16.3. The van der Waals surface area contributed by atoms with Crippen molar-refractivity contribution in [3.63, 3.8) is 0 Å². The second-order valence-electron chi connectivity index (χ2n) is 5.03. The largest absolute Gasteiger partial charge is 0.506 e. The molecule has 102 valence electrons. The molecule has 1 fully saturated rings. The number of benzene rings is 1. The molecule has 1 aliphatic carbocycles. The molecule has 0 saturated heterocycles. The summed E-state index contributed by atoms with van der Waals surface area (Å²) in [6.45, 7) is 1.96. The molecule has 1 aromatic rings. The van der Waals surface area contributed by atoms with E-state index in [0.29, 0.717) is 0 Å². The Kier molecular flexibility index (Phi) is 3.33. The van der Waals surface area contributed by atoms with Crippen LogP contribution in [-0.2, 0) is 0 Å². The van der Waals surface area contributed by atoms with Crippen LogP contribution in [-0.4, -0.2) is 27.8 Å². The highest BCUT2D eigenvalue weighted by Crippen LogP contribution is 2.31. The minimum absolute atomic E-state index is 0.0330. The quantitative estimate of drug-likeness (QED) is 0.629. The third kappa shape index (κ3) is 2.96. The summed E-state index contributed by atoms with van der Waals surface area (Å²) in [5.41, 5.74) is -0.0272. The van der Waals surface area contributed by atoms with Crippen LogP contribution >= 0.6 is 0 Å². The van der Waals surface area contributed by atoms with E-state index in [9.17, 15) is 14.7 Å². The topological polar surface area (TPSA) is 98.7 Å². The van der Waals surface area contributed by atoms with Gasteiger partial charge in [-0.25, -0.2) is 9.59 Å². The minimum Gasteiger partial charge on any atom is -0.506 e. The van der Waals surface area contributed by atoms with Gasteiger partial charge in [0.05, 0.1) is 11.3 Å². The van der Waals surface area contributed by atoms with Gasteiger partial charge in [0.25, 0.3) is 0 Å². The number of aromatic carboxylic acids is 1. The zero-order valence-corrected chi connectivity index (χ0v) is 10.6. The number of carbonyl (C=O) groups is 2. The van der Waals surface area contributed by atoms with Gasteiger partial charge in [-0.3, -0.25) is 0 Å². The Morgan fingerprint density at radius 2 is 2.00 bits per heavy atom. The van der Waals surface area contributed by atoms with E-state index in [0.717, 1.165) is 25.3 Å². The zero-order chi connectivity index (χ0) is 14.0. The average Bonchev–Trinajstić information content (AvgIpc) is 2.29. The molecule has 0 atom stereocenters. The summed E-state index contributed by atoms with van der Waals surface area (Å²) in [6, 6.07) is 3.38. The molecule has 1 aliphatic rings. The van der Waals surface area contributed by atoms with Gasteiger partial charge < -0.3 is 20.8 Å². The predicted octanol–water partition coefficient (Wildman–Crippen LogP) is 2.15. The molecule has 0 radical (unpaired) electrons. The molecular formula is C13H16N2O4. The molecule has 0 bridgehead atoms. The lowest BCUT2D eigenvalue weighted by Gasteiger charge is -2.39. The Labute approximate surface area is 110 Å². The number of anilines is 1. The van der Waals surface area contributed by atoms with Crippen molar-refractivity contribution in [2.75, 3.05) is 5.32 Å². The maximum atomic E-state index is 11.7. The number of carbonyl (C=O) groups excluding carboxylic acids is 1. The van der Waals surface area contributed by atoms with Gasteiger partial charge in [-0.05, 0) is 44.4 Å². The van der Waals surface area contributed by atoms with E-state index in [1.165, 1.54) is 12.1 Å². The SMILES string of the molecule is CC1(NC(=O)Nc2ccc(C(=O)O)cc2O)CCC1. The summed E-state index contributed by atoms with van der Waals surface area (Å²) in [4.78, 5) is 22.5. The van der Waals surface area contributed by atoms with Crippen LogP contribution in [0.1, 0.15) is 36.5 Å². The van der Waals surface area contributed by atoms with Gasteiger partial charge in [-0.15, -0.1) is 0 Å². The minimum atomic E-state index is -1.13. The number of hydrogen-bond acceptors (Lipinski definition) is 3. The van der Waals surface area contributed by atoms with Crippen LogP contribution in [0.3, 0.4) is 0 Å². The summed E-state index contributed by atoms with van der Waals surface area (Å²) in [5, 5.41) is 23.8. The number of aromatic hydroxyl groups is 1. The van der Waals surface area contributed by atoms with Gasteiger partial charge in [-0.2, -0.15) is 0 Å². The van der Waals surface area contributed by atoms with E-state index in [4.69, 9.17) is 5.11 Å². The van der Waals surface area contributed by atoms with E-state index < -0.39 is 12.0 Å². The third-order valence-corrected chi connectivity index (χ3v) is 3.37. The number of hydrogen-bond donors (Lipinski definition) is 4. The van der Waals surface area contributed by atoms with Crippen molar-refractivity contribution >= 4 is 17.7 Å². The molecule has 0 aliphatic heterocycles. The third-order valence-electron chi connectivity index (χ3n) is 3.37. The van der Waals surface area contributed by atoms with Crippen LogP contribution in [0.2, 0.25) is 0 Å². The van der Waals surface area contributed by atoms with Gasteiger partial charge in [0.2, 0.25) is 0 Å². The Balaban J connectivity index is 2.02. The van der Waals surface area contributed by atoms with Gasteiger partial charge in [0.15, 0.2) is 0 Å². The Bertz CT molecular complexity index is 523. The van der Waals surface area contributed by atoms with Crippen molar-refractivity contribution in [2.24, 2.45) is 0 Å². The molecule has 0 unspecified atom stereocenters. The fraction of sp³-hybridized carbons (Fsp3) is 0.385. The molecule has 1 aromatic carbocycles. The maximum Gasteiger partial charge on any atom is 0.335 e. The van der Waals surface area contributed by atoms with Crippen LogP contribution in [0.5, 0.6) is 5.75 Å². The van der Waals surface area contributed by atoms with Crippen LogP contribution in [0.15, 0.2) is 18.2 Å². The number of phenolic OH excluding ortho intramolecular Hbond substituents is 1. The summed E-state index contributed by atoms with van der Waals surface area (Å²) in [7, 11) is 0. The molecule has 4 N–H and O–H groups in total. The van der Waals surface area contributed by atoms with E-state index in [1.807, 2.05) is 6.92 Å². The lowest BCUT2D eigenvalue weighted by Crippen LogP contribution is -2.52. The van der Waals surface area contributed by atoms with Crippen LogP contribution in [0.25, 0.3) is 0 Å². The standard InChI is InChI=1S/C13H16N2O4/c1-13(5-2-6-13)15-12(19)14-9-4-3-8(11(17)18)7-10(9)16/h3-4,7,16H,2,5-6H2,1H3,(H,17,18)(H2,14,15,19). The van der Waals surface area contributed by atoms with E-state index >= 15 is 0 Å². The van der Waals surface area contributed by atoms with Crippen molar-refractivity contribution in [3.8, 4) is 5.75 Å². The van der Waals surface area contributed by atoms with Crippen molar-refractivity contribution in [2.45, 2.75) is 31.7 Å². The number of rotatable bonds is 3. The molecule has 0 heterocycles. The lowest BCUT2D eigenvalue weighted by atomic mass is 9.79. The number of urea groups is 1. The van der Waals surface area contributed by atoms with Gasteiger partial charge in [0.1, 0.15) is 5.75 Å². The van der Waals surface area contributed by atoms with Gasteiger partial charge in [-0.1, -0.05) is 0 Å². The lowest BCUT2D eigenvalue weighted by molar-refractivity contribution is 0.0696. The van der Waals surface area contributed by atoms with Gasteiger partial charge in [0, 0.05) is 5.54 Å². The van der Waals surface area contributed by atoms with Gasteiger partial charge >= 0.3 is 12.0 Å². The second-order valence-corrected chi connectivity index (χ2v) is 5.03. The highest BCUT2D eigenvalue weighted by molar-refractivity contribution is 5.93. The van der Waals surface area contributed by atoms with E-state index in [-0.39, 0.29) is 22.5 Å². The van der Waals surface area contributed by atoms with E-state index in [1.54, 1.807) is 0 Å². The number of nitrogens with one attached hydrogen (secondary N) is 2. The number of carboxylic acid groups (broad SMARTS) is 1. The summed E-state index contributed by atoms with van der Waals surface area (Å²) in [6.07, 6.45) is 2.96. The second kappa shape index (κ2) is 4.79. The smallest absolute Gasteiger partial charge is 0.335 e. The Hall–Kier alpha value is -2.24. The Morgan fingerprint density at radius 1 is 1.32 bits per heavy atom. The number of phenols is 1. The first kappa shape index (κ1) is 13.2. The van der Waals surface area contributed by atoms with Crippen molar-refractivity contribution < 1.29 is 19.8 Å². The molecule has 6 nitrogen and oxygen atoms in total. The number of amides is 2. The fourth-order valence-electron chi connectivity index (χ4n) is 2.03. The Morgan fingerprint density at radius 3 is 2.47 bits per heavy atom. The van der Waals surface area contributed by atoms with Crippen LogP contribution in [0.4, 0.5) is 10.5 Å². The molecule has 0 aromatic heterocycles. The summed E-state index contributed by atoms with van der Waals surface area (Å²) >= 11 is 0. The van der Waals surface area contributed by atoms with Crippen LogP contribution in [0, 0.1) is 0 Å². The molecular weight excluding hydrogens is 248 g/mol. The first-order valence-corrected chi connectivity index (χ1v) is 6.05. The zero-order valence-electron chi connectivity index (χ0n) is 10.6. The highest BCUT2D eigenvalue weighted by Gasteiger charge is 2.33. The van der Waals surface area contributed by atoms with Crippen LogP contribution < -0.4 is 10.6 Å². The van der Waals surface area contributed by atoms with E-state index in [2.05, 4.69) is 10.6 Å². The predicted molar refractivity (Wildman–Crippen MR) is 69.5 cm³/mol. The molecule has 0 spiro atoms. The monoisotopic (exact) mass is 264 g/mol.